The molecule has 1 heterocycles. The van der Waals surface area contributed by atoms with Crippen molar-refractivity contribution >= 4 is 40.7 Å². The summed E-state index contributed by atoms with van der Waals surface area (Å²) in [5.74, 6) is -0.629. The molecule has 7 nitrogen and oxygen atoms in total. The molecule has 0 atom stereocenters. The molecule has 32 heavy (non-hydrogen) atoms. The minimum absolute atomic E-state index is 0.0606. The zero-order valence-corrected chi connectivity index (χ0v) is 19.2. The van der Waals surface area contributed by atoms with Gasteiger partial charge in [0.15, 0.2) is 0 Å². The number of hydrogen-bond acceptors (Lipinski definition) is 4. The molecule has 0 aliphatic carbocycles. The summed E-state index contributed by atoms with van der Waals surface area (Å²) in [5.41, 5.74) is 2.78. The molecule has 1 aliphatic heterocycles. The summed E-state index contributed by atoms with van der Waals surface area (Å²) in [6.07, 6.45) is 3.12. The molecule has 0 bridgehead atoms. The molecule has 170 valence electrons. The van der Waals surface area contributed by atoms with E-state index < -0.39 is 0 Å². The van der Waals surface area contributed by atoms with Crippen LogP contribution in [0.1, 0.15) is 35.2 Å². The SMILES string of the molecule is Cc1ccc(NC(=O)CN(C)C(=O)CNc2cc(Cl)ccc2C(=O)N2CCCCC2)cc1. The molecule has 1 aliphatic rings. The maximum absolute atomic E-state index is 12.9. The van der Waals surface area contributed by atoms with Gasteiger partial charge in [0, 0.05) is 36.5 Å². The predicted octanol–water partition coefficient (Wildman–Crippen LogP) is 3.78. The largest absolute Gasteiger partial charge is 0.375 e. The number of nitrogens with zero attached hydrogens (tertiary/aromatic N) is 2. The van der Waals surface area contributed by atoms with Crippen LogP contribution in [-0.4, -0.2) is 60.7 Å². The number of likely N-dealkylation sites (N-methyl/N-ethyl adjacent to an activating group) is 1. The molecular formula is C24H29ClN4O3. The third-order valence-electron chi connectivity index (χ3n) is 5.43. The van der Waals surface area contributed by atoms with E-state index in [0.29, 0.717) is 22.0 Å². The summed E-state index contributed by atoms with van der Waals surface area (Å²) in [7, 11) is 1.57. The number of likely N-dealkylation sites (tertiary alicyclic amines) is 1. The van der Waals surface area contributed by atoms with Crippen LogP contribution in [0.4, 0.5) is 11.4 Å². The predicted molar refractivity (Wildman–Crippen MR) is 127 cm³/mol. The van der Waals surface area contributed by atoms with Gasteiger partial charge in [-0.25, -0.2) is 0 Å². The van der Waals surface area contributed by atoms with Gasteiger partial charge in [-0.2, -0.15) is 0 Å². The maximum atomic E-state index is 12.9. The van der Waals surface area contributed by atoms with E-state index in [1.54, 1.807) is 25.2 Å². The van der Waals surface area contributed by atoms with Crippen LogP contribution in [0.5, 0.6) is 0 Å². The van der Waals surface area contributed by atoms with Crippen LogP contribution in [0.2, 0.25) is 5.02 Å². The van der Waals surface area contributed by atoms with Gasteiger partial charge in [0.25, 0.3) is 5.91 Å². The molecule has 1 saturated heterocycles. The summed E-state index contributed by atoms with van der Waals surface area (Å²) in [4.78, 5) is 40.9. The first-order valence-electron chi connectivity index (χ1n) is 10.8. The Bertz CT molecular complexity index is 972. The molecule has 3 rings (SSSR count). The van der Waals surface area contributed by atoms with Crippen molar-refractivity contribution in [2.24, 2.45) is 0 Å². The molecule has 2 aromatic carbocycles. The minimum Gasteiger partial charge on any atom is -0.375 e. The Balaban J connectivity index is 1.57. The number of halogens is 1. The van der Waals surface area contributed by atoms with E-state index in [4.69, 9.17) is 11.6 Å². The molecule has 1 fully saturated rings. The van der Waals surface area contributed by atoms with Gasteiger partial charge in [0.05, 0.1) is 18.7 Å². The number of piperidine rings is 1. The summed E-state index contributed by atoms with van der Waals surface area (Å²) >= 11 is 6.13. The average Bonchev–Trinajstić information content (AvgIpc) is 2.79. The number of rotatable bonds is 7. The fraction of sp³-hybridized carbons (Fsp3) is 0.375. The van der Waals surface area contributed by atoms with Crippen LogP contribution in [0.3, 0.4) is 0 Å². The van der Waals surface area contributed by atoms with E-state index in [-0.39, 0.29) is 30.8 Å². The highest BCUT2D eigenvalue weighted by atomic mass is 35.5. The topological polar surface area (TPSA) is 81.8 Å². The smallest absolute Gasteiger partial charge is 0.255 e. The van der Waals surface area contributed by atoms with Crippen LogP contribution < -0.4 is 10.6 Å². The third kappa shape index (κ3) is 6.47. The number of anilines is 2. The lowest BCUT2D eigenvalue weighted by Gasteiger charge is -2.27. The highest BCUT2D eigenvalue weighted by Gasteiger charge is 2.22. The lowest BCUT2D eigenvalue weighted by atomic mass is 10.1. The van der Waals surface area contributed by atoms with Gasteiger partial charge in [-0.05, 0) is 56.5 Å². The van der Waals surface area contributed by atoms with Gasteiger partial charge >= 0.3 is 0 Å². The van der Waals surface area contributed by atoms with Crippen molar-refractivity contribution in [1.82, 2.24) is 9.80 Å². The van der Waals surface area contributed by atoms with Crippen LogP contribution in [0.25, 0.3) is 0 Å². The Labute approximate surface area is 193 Å². The highest BCUT2D eigenvalue weighted by molar-refractivity contribution is 6.31. The second kappa shape index (κ2) is 11.0. The fourth-order valence-electron chi connectivity index (χ4n) is 3.56. The Morgan fingerprint density at radius 3 is 2.41 bits per heavy atom. The Morgan fingerprint density at radius 1 is 1.03 bits per heavy atom. The van der Waals surface area contributed by atoms with Gasteiger partial charge in [0.1, 0.15) is 0 Å². The summed E-state index contributed by atoms with van der Waals surface area (Å²) in [6, 6.07) is 12.5. The van der Waals surface area contributed by atoms with E-state index in [1.807, 2.05) is 36.1 Å². The summed E-state index contributed by atoms with van der Waals surface area (Å²) in [5, 5.41) is 6.28. The number of amides is 3. The normalized spacial score (nSPS) is 13.4. The van der Waals surface area contributed by atoms with Crippen molar-refractivity contribution in [2.45, 2.75) is 26.2 Å². The highest BCUT2D eigenvalue weighted by Crippen LogP contribution is 2.24. The zero-order valence-electron chi connectivity index (χ0n) is 18.5. The average molecular weight is 457 g/mol. The Morgan fingerprint density at radius 2 is 1.72 bits per heavy atom. The number of aryl methyl sites for hydroxylation is 1. The third-order valence-corrected chi connectivity index (χ3v) is 5.66. The molecule has 2 N–H and O–H groups in total. The molecule has 0 saturated carbocycles. The molecule has 0 spiro atoms. The van der Waals surface area contributed by atoms with Gasteiger partial charge in [-0.1, -0.05) is 29.3 Å². The van der Waals surface area contributed by atoms with Crippen LogP contribution in [-0.2, 0) is 9.59 Å². The van der Waals surface area contributed by atoms with Crippen LogP contribution in [0, 0.1) is 6.92 Å². The van der Waals surface area contributed by atoms with E-state index >= 15 is 0 Å². The van der Waals surface area contributed by atoms with Crippen LogP contribution >= 0.6 is 11.6 Å². The molecule has 3 amide bonds. The Kier molecular flexibility index (Phi) is 8.11. The standard InChI is InChI=1S/C24H29ClN4O3/c1-17-6-9-19(10-7-17)27-22(30)16-28(2)23(31)15-26-21-14-18(25)8-11-20(21)24(32)29-12-4-3-5-13-29/h6-11,14,26H,3-5,12-13,15-16H2,1-2H3,(H,27,30). The van der Waals surface area contributed by atoms with E-state index in [1.165, 1.54) is 4.90 Å². The van der Waals surface area contributed by atoms with Gasteiger partial charge in [-0.15, -0.1) is 0 Å². The van der Waals surface area contributed by atoms with Crippen molar-refractivity contribution in [3.63, 3.8) is 0 Å². The lowest BCUT2D eigenvalue weighted by Crippen LogP contribution is -2.38. The quantitative estimate of drug-likeness (QED) is 0.664. The van der Waals surface area contributed by atoms with Crippen molar-refractivity contribution in [3.05, 3.63) is 58.6 Å². The Hall–Kier alpha value is -3.06. The second-order valence-corrected chi connectivity index (χ2v) is 8.50. The van der Waals surface area contributed by atoms with E-state index in [9.17, 15) is 14.4 Å². The van der Waals surface area contributed by atoms with Gasteiger partial charge < -0.3 is 20.4 Å². The van der Waals surface area contributed by atoms with Gasteiger partial charge in [-0.3, -0.25) is 14.4 Å². The summed E-state index contributed by atoms with van der Waals surface area (Å²) < 4.78 is 0. The second-order valence-electron chi connectivity index (χ2n) is 8.06. The molecule has 8 heteroatoms. The first kappa shape index (κ1) is 23.6. The maximum Gasteiger partial charge on any atom is 0.255 e. The number of carbonyl (C=O) groups excluding carboxylic acids is 3. The molecule has 0 unspecified atom stereocenters. The van der Waals surface area contributed by atoms with E-state index in [2.05, 4.69) is 10.6 Å². The molecule has 0 radical (unpaired) electrons. The minimum atomic E-state index is -0.284. The molecule has 2 aromatic rings. The van der Waals surface area contributed by atoms with Crippen molar-refractivity contribution in [3.8, 4) is 0 Å². The van der Waals surface area contributed by atoms with E-state index in [0.717, 1.165) is 37.9 Å². The number of carbonyl (C=O) groups is 3. The van der Waals surface area contributed by atoms with Gasteiger partial charge in [0.2, 0.25) is 11.8 Å². The lowest BCUT2D eigenvalue weighted by molar-refractivity contribution is -0.131. The van der Waals surface area contributed by atoms with Crippen LogP contribution in [0.15, 0.2) is 42.5 Å². The molecule has 0 aromatic heterocycles. The first-order valence-corrected chi connectivity index (χ1v) is 11.1. The monoisotopic (exact) mass is 456 g/mol. The number of hydrogen-bond donors (Lipinski definition) is 2. The van der Waals surface area contributed by atoms with Crippen molar-refractivity contribution in [1.29, 1.82) is 0 Å². The number of nitrogens with one attached hydrogen (secondary N) is 2. The van der Waals surface area contributed by atoms with Crippen molar-refractivity contribution in [2.75, 3.05) is 43.9 Å². The van der Waals surface area contributed by atoms with Crippen molar-refractivity contribution < 1.29 is 14.4 Å². The molecular weight excluding hydrogens is 428 g/mol. The fourth-order valence-corrected chi connectivity index (χ4v) is 3.74. The summed E-state index contributed by atoms with van der Waals surface area (Å²) in [6.45, 7) is 3.30. The number of benzene rings is 2. The zero-order chi connectivity index (χ0) is 23.1. The first-order chi connectivity index (χ1) is 15.3.